The summed E-state index contributed by atoms with van der Waals surface area (Å²) in [4.78, 5) is 13.1. The maximum Gasteiger partial charge on any atom is 0.252 e. The van der Waals surface area contributed by atoms with E-state index in [-0.39, 0.29) is 18.5 Å². The molecule has 0 atom stereocenters. The molecule has 4 rings (SSSR count). The Balaban J connectivity index is 1.32. The van der Waals surface area contributed by atoms with Crippen LogP contribution in [0.3, 0.4) is 0 Å². The first-order valence-corrected chi connectivity index (χ1v) is 13.5. The summed E-state index contributed by atoms with van der Waals surface area (Å²) >= 11 is 7.04. The Kier molecular flexibility index (Phi) is 7.77. The molecular formula is C24H26ClN3O4S2. The van der Waals surface area contributed by atoms with E-state index in [9.17, 15) is 13.2 Å². The number of piperidine rings is 1. The lowest BCUT2D eigenvalue weighted by Gasteiger charge is -2.32. The smallest absolute Gasteiger partial charge is 0.252 e. The van der Waals surface area contributed by atoms with E-state index >= 15 is 0 Å². The molecule has 1 saturated heterocycles. The molecule has 10 heteroatoms. The molecule has 2 N–H and O–H groups in total. The van der Waals surface area contributed by atoms with Crippen molar-refractivity contribution in [1.29, 1.82) is 0 Å². The maximum absolute atomic E-state index is 13.2. The van der Waals surface area contributed by atoms with Crippen molar-refractivity contribution in [2.45, 2.75) is 29.6 Å². The summed E-state index contributed by atoms with van der Waals surface area (Å²) in [5.41, 5.74) is 1.41. The molecule has 2 heterocycles. The first-order valence-electron chi connectivity index (χ1n) is 10.9. The van der Waals surface area contributed by atoms with Crippen molar-refractivity contribution in [3.05, 3.63) is 76.1 Å². The van der Waals surface area contributed by atoms with Gasteiger partial charge in [0.25, 0.3) is 15.9 Å². The lowest BCUT2D eigenvalue weighted by atomic mass is 10.1. The van der Waals surface area contributed by atoms with E-state index in [1.807, 2.05) is 24.3 Å². The molecule has 1 amide bonds. The van der Waals surface area contributed by atoms with Gasteiger partial charge in [-0.2, -0.15) is 4.31 Å². The van der Waals surface area contributed by atoms with Crippen molar-refractivity contribution in [2.75, 3.05) is 25.5 Å². The van der Waals surface area contributed by atoms with E-state index in [1.54, 1.807) is 43.5 Å². The SMILES string of the molecule is COc1ccccc1NC1CCN(S(=O)(=O)c2ccc(CNC(=O)c3ccc(Cl)cc3)s2)CC1. The predicted molar refractivity (Wildman–Crippen MR) is 135 cm³/mol. The second kappa shape index (κ2) is 10.8. The summed E-state index contributed by atoms with van der Waals surface area (Å²) in [5.74, 6) is 0.533. The maximum atomic E-state index is 13.2. The first-order chi connectivity index (χ1) is 16.4. The molecule has 34 heavy (non-hydrogen) atoms. The minimum Gasteiger partial charge on any atom is -0.495 e. The molecule has 0 unspecified atom stereocenters. The van der Waals surface area contributed by atoms with Crippen LogP contribution in [-0.4, -0.2) is 44.9 Å². The average molecular weight is 520 g/mol. The quantitative estimate of drug-likeness (QED) is 0.454. The molecule has 2 aromatic carbocycles. The average Bonchev–Trinajstić information content (AvgIpc) is 3.34. The van der Waals surface area contributed by atoms with Gasteiger partial charge in [0.05, 0.1) is 19.3 Å². The number of para-hydroxylation sites is 2. The number of anilines is 1. The topological polar surface area (TPSA) is 87.7 Å². The number of hydrogen-bond acceptors (Lipinski definition) is 6. The van der Waals surface area contributed by atoms with Crippen LogP contribution in [0, 0.1) is 0 Å². The molecule has 7 nitrogen and oxygen atoms in total. The van der Waals surface area contributed by atoms with E-state index in [1.165, 1.54) is 15.6 Å². The fraction of sp³-hybridized carbons (Fsp3) is 0.292. The van der Waals surface area contributed by atoms with Crippen molar-refractivity contribution in [3.63, 3.8) is 0 Å². The van der Waals surface area contributed by atoms with Crippen LogP contribution >= 0.6 is 22.9 Å². The van der Waals surface area contributed by atoms with Gasteiger partial charge in [0, 0.05) is 34.6 Å². The van der Waals surface area contributed by atoms with Crippen molar-refractivity contribution >= 4 is 44.6 Å². The molecule has 3 aromatic rings. The zero-order valence-electron chi connectivity index (χ0n) is 18.7. The van der Waals surface area contributed by atoms with Crippen LogP contribution in [0.2, 0.25) is 5.02 Å². The normalized spacial score (nSPS) is 15.1. The standard InChI is InChI=1S/C24H26ClN3O4S2/c1-32-22-5-3-2-4-21(22)27-19-12-14-28(15-13-19)34(30,31)23-11-10-20(33-23)16-26-24(29)17-6-8-18(25)9-7-17/h2-11,19,27H,12-16H2,1H3,(H,26,29). The highest BCUT2D eigenvalue weighted by Crippen LogP contribution is 2.30. The molecule has 0 radical (unpaired) electrons. The molecule has 1 aliphatic heterocycles. The minimum atomic E-state index is -3.57. The number of sulfonamides is 1. The van der Waals surface area contributed by atoms with Crippen LogP contribution in [0.4, 0.5) is 5.69 Å². The summed E-state index contributed by atoms with van der Waals surface area (Å²) in [6.45, 7) is 1.14. The van der Waals surface area contributed by atoms with Crippen LogP contribution in [0.1, 0.15) is 28.1 Å². The van der Waals surface area contributed by atoms with Crippen LogP contribution in [0.5, 0.6) is 5.75 Å². The second-order valence-corrected chi connectivity index (χ2v) is 11.7. The number of carbonyl (C=O) groups excluding carboxylic acids is 1. The van der Waals surface area contributed by atoms with E-state index in [4.69, 9.17) is 16.3 Å². The highest BCUT2D eigenvalue weighted by molar-refractivity contribution is 7.91. The van der Waals surface area contributed by atoms with Crippen LogP contribution in [-0.2, 0) is 16.6 Å². The minimum absolute atomic E-state index is 0.171. The molecule has 0 aliphatic carbocycles. The predicted octanol–water partition coefficient (Wildman–Crippen LogP) is 4.61. The van der Waals surface area contributed by atoms with E-state index in [2.05, 4.69) is 10.6 Å². The molecule has 0 bridgehead atoms. The zero-order valence-corrected chi connectivity index (χ0v) is 21.0. The fourth-order valence-corrected chi connectivity index (χ4v) is 6.86. The van der Waals surface area contributed by atoms with Crippen molar-refractivity contribution in [2.24, 2.45) is 0 Å². The summed E-state index contributed by atoms with van der Waals surface area (Å²) < 4.78 is 33.5. The van der Waals surface area contributed by atoms with Crippen LogP contribution in [0.15, 0.2) is 64.9 Å². The van der Waals surface area contributed by atoms with Crippen molar-refractivity contribution < 1.29 is 17.9 Å². The van der Waals surface area contributed by atoms with Gasteiger partial charge in [-0.25, -0.2) is 8.42 Å². The van der Waals surface area contributed by atoms with Crippen LogP contribution < -0.4 is 15.4 Å². The summed E-state index contributed by atoms with van der Waals surface area (Å²) in [5, 5.41) is 6.85. The third-order valence-electron chi connectivity index (χ3n) is 5.68. The number of hydrogen-bond donors (Lipinski definition) is 2. The summed E-state index contributed by atoms with van der Waals surface area (Å²) in [7, 11) is -1.94. The number of halogens is 1. The molecule has 1 aromatic heterocycles. The summed E-state index contributed by atoms with van der Waals surface area (Å²) in [6, 6.07) is 17.8. The number of nitrogens with zero attached hydrogens (tertiary/aromatic N) is 1. The number of amides is 1. The molecule has 0 saturated carbocycles. The van der Waals surface area contributed by atoms with Gasteiger partial charge in [0.2, 0.25) is 0 Å². The summed E-state index contributed by atoms with van der Waals surface area (Å²) in [6.07, 6.45) is 1.40. The Morgan fingerprint density at radius 3 is 2.50 bits per heavy atom. The fourth-order valence-electron chi connectivity index (χ4n) is 3.81. The molecule has 1 fully saturated rings. The van der Waals surface area contributed by atoms with Crippen molar-refractivity contribution in [3.8, 4) is 5.75 Å². The van der Waals surface area contributed by atoms with Gasteiger partial charge in [-0.1, -0.05) is 23.7 Å². The van der Waals surface area contributed by atoms with Crippen molar-refractivity contribution in [1.82, 2.24) is 9.62 Å². The third kappa shape index (κ3) is 5.72. The van der Waals surface area contributed by atoms with E-state index < -0.39 is 10.0 Å². The third-order valence-corrected chi connectivity index (χ3v) is 9.38. The number of thiophene rings is 1. The van der Waals surface area contributed by atoms with E-state index in [0.717, 1.165) is 16.3 Å². The Hall–Kier alpha value is -2.59. The largest absolute Gasteiger partial charge is 0.495 e. The number of benzene rings is 2. The lowest BCUT2D eigenvalue weighted by molar-refractivity contribution is 0.0951. The molecular weight excluding hydrogens is 494 g/mol. The van der Waals surface area contributed by atoms with Gasteiger partial charge in [-0.15, -0.1) is 11.3 Å². The van der Waals surface area contributed by atoms with Gasteiger partial charge in [0.15, 0.2) is 0 Å². The highest BCUT2D eigenvalue weighted by Gasteiger charge is 2.30. The van der Waals surface area contributed by atoms with Gasteiger partial charge in [0.1, 0.15) is 9.96 Å². The zero-order chi connectivity index (χ0) is 24.1. The lowest BCUT2D eigenvalue weighted by Crippen LogP contribution is -2.42. The Labute approximate surface area is 208 Å². The van der Waals surface area contributed by atoms with Crippen LogP contribution in [0.25, 0.3) is 0 Å². The number of methoxy groups -OCH3 is 1. The molecule has 1 aliphatic rings. The monoisotopic (exact) mass is 519 g/mol. The Morgan fingerprint density at radius 1 is 1.09 bits per heavy atom. The highest BCUT2D eigenvalue weighted by atomic mass is 35.5. The Morgan fingerprint density at radius 2 is 1.79 bits per heavy atom. The van der Waals surface area contributed by atoms with Gasteiger partial charge in [-0.05, 0) is 61.4 Å². The van der Waals surface area contributed by atoms with Gasteiger partial charge in [-0.3, -0.25) is 4.79 Å². The Bertz CT molecular complexity index is 1240. The number of ether oxygens (including phenoxy) is 1. The first kappa shape index (κ1) is 24.5. The van der Waals surface area contributed by atoms with Gasteiger partial charge < -0.3 is 15.4 Å². The number of rotatable bonds is 8. The molecule has 180 valence electrons. The molecule has 0 spiro atoms. The second-order valence-electron chi connectivity index (χ2n) is 7.93. The van der Waals surface area contributed by atoms with Gasteiger partial charge >= 0.3 is 0 Å². The van der Waals surface area contributed by atoms with E-state index in [0.29, 0.717) is 40.7 Å². The number of nitrogens with one attached hydrogen (secondary N) is 2. The number of carbonyl (C=O) groups is 1.